The number of aliphatic hydroxyl groups is 1. The summed E-state index contributed by atoms with van der Waals surface area (Å²) in [6.07, 6.45) is -4.23. The van der Waals surface area contributed by atoms with E-state index in [1.807, 2.05) is 6.07 Å². The maximum Gasteiger partial charge on any atom is 0.417 e. The quantitative estimate of drug-likeness (QED) is 0.887. The zero-order valence-corrected chi connectivity index (χ0v) is 12.4. The van der Waals surface area contributed by atoms with E-state index in [4.69, 9.17) is 26.7 Å². The third kappa shape index (κ3) is 4.15. The molecule has 0 fully saturated rings. The van der Waals surface area contributed by atoms with E-state index in [1.54, 1.807) is 6.07 Å². The predicted octanol–water partition coefficient (Wildman–Crippen LogP) is 4.56. The van der Waals surface area contributed by atoms with Gasteiger partial charge < -0.3 is 9.84 Å². The van der Waals surface area contributed by atoms with E-state index in [0.717, 1.165) is 17.7 Å². The standard InChI is InChI=1S/C16H11ClF3NO2/c17-14-3-2-12(8-13(14)16(18,19)20)23-15-4-1-10(5-6-22)7-11(15)9-21/h1-4,7-8,22H,5-6H2. The number of halogens is 4. The van der Waals surface area contributed by atoms with Gasteiger partial charge in [-0.2, -0.15) is 18.4 Å². The summed E-state index contributed by atoms with van der Waals surface area (Å²) < 4.78 is 43.9. The van der Waals surface area contributed by atoms with Crippen LogP contribution in [0.25, 0.3) is 0 Å². The Kier molecular flexibility index (Phi) is 5.14. The lowest BCUT2D eigenvalue weighted by molar-refractivity contribution is -0.137. The van der Waals surface area contributed by atoms with Gasteiger partial charge in [-0.15, -0.1) is 0 Å². The van der Waals surface area contributed by atoms with Gasteiger partial charge in [0.2, 0.25) is 0 Å². The molecular weight excluding hydrogens is 331 g/mol. The number of hydrogen-bond donors (Lipinski definition) is 1. The van der Waals surface area contributed by atoms with Gasteiger partial charge in [0, 0.05) is 6.61 Å². The first-order valence-corrected chi connectivity index (χ1v) is 6.91. The number of aliphatic hydroxyl groups excluding tert-OH is 1. The molecule has 0 spiro atoms. The van der Waals surface area contributed by atoms with E-state index in [1.165, 1.54) is 18.2 Å². The van der Waals surface area contributed by atoms with Gasteiger partial charge in [0.1, 0.15) is 17.6 Å². The molecule has 0 radical (unpaired) electrons. The molecule has 0 aliphatic carbocycles. The van der Waals surface area contributed by atoms with E-state index in [0.29, 0.717) is 6.42 Å². The van der Waals surface area contributed by atoms with E-state index < -0.39 is 16.8 Å². The van der Waals surface area contributed by atoms with Crippen molar-refractivity contribution in [3.05, 3.63) is 58.1 Å². The van der Waals surface area contributed by atoms with Crippen molar-refractivity contribution < 1.29 is 23.0 Å². The maximum absolute atomic E-state index is 12.8. The van der Waals surface area contributed by atoms with Crippen LogP contribution in [0, 0.1) is 11.3 Å². The van der Waals surface area contributed by atoms with Crippen molar-refractivity contribution in [2.75, 3.05) is 6.61 Å². The minimum atomic E-state index is -4.60. The number of benzene rings is 2. The molecule has 0 saturated heterocycles. The molecule has 0 amide bonds. The Balaban J connectivity index is 2.35. The van der Waals surface area contributed by atoms with Crippen LogP contribution in [0.2, 0.25) is 5.02 Å². The Hall–Kier alpha value is -2.23. The lowest BCUT2D eigenvalue weighted by Gasteiger charge is -2.13. The van der Waals surface area contributed by atoms with Gasteiger partial charge in [-0.05, 0) is 42.3 Å². The van der Waals surface area contributed by atoms with Gasteiger partial charge in [0.25, 0.3) is 0 Å². The Bertz CT molecular complexity index is 754. The maximum atomic E-state index is 12.8. The van der Waals surface area contributed by atoms with Crippen LogP contribution in [-0.2, 0) is 12.6 Å². The lowest BCUT2D eigenvalue weighted by atomic mass is 10.1. The van der Waals surface area contributed by atoms with Gasteiger partial charge in [-0.1, -0.05) is 17.7 Å². The second-order valence-electron chi connectivity index (χ2n) is 4.66. The zero-order chi connectivity index (χ0) is 17.0. The lowest BCUT2D eigenvalue weighted by Crippen LogP contribution is -2.06. The van der Waals surface area contributed by atoms with Crippen molar-refractivity contribution in [2.24, 2.45) is 0 Å². The number of nitrogens with zero attached hydrogens (tertiary/aromatic N) is 1. The number of ether oxygens (including phenoxy) is 1. The molecule has 0 aliphatic rings. The summed E-state index contributed by atoms with van der Waals surface area (Å²) in [7, 11) is 0. The average Bonchev–Trinajstić information content (AvgIpc) is 2.49. The Morgan fingerprint density at radius 1 is 1.17 bits per heavy atom. The number of rotatable bonds is 4. The first-order valence-electron chi connectivity index (χ1n) is 6.53. The van der Waals surface area contributed by atoms with Crippen LogP contribution in [0.1, 0.15) is 16.7 Å². The normalized spacial score (nSPS) is 11.1. The summed E-state index contributed by atoms with van der Waals surface area (Å²) >= 11 is 5.55. The fraction of sp³-hybridized carbons (Fsp3) is 0.188. The second kappa shape index (κ2) is 6.90. The summed E-state index contributed by atoms with van der Waals surface area (Å²) in [6.45, 7) is -0.0722. The van der Waals surface area contributed by atoms with Gasteiger partial charge >= 0.3 is 6.18 Å². The fourth-order valence-corrected chi connectivity index (χ4v) is 2.17. The molecule has 1 N–H and O–H groups in total. The second-order valence-corrected chi connectivity index (χ2v) is 5.06. The van der Waals surface area contributed by atoms with Crippen LogP contribution >= 0.6 is 11.6 Å². The van der Waals surface area contributed by atoms with E-state index in [-0.39, 0.29) is 23.7 Å². The van der Waals surface area contributed by atoms with Crippen LogP contribution in [0.5, 0.6) is 11.5 Å². The van der Waals surface area contributed by atoms with Crippen molar-refractivity contribution in [1.82, 2.24) is 0 Å². The summed E-state index contributed by atoms with van der Waals surface area (Å²) in [4.78, 5) is 0. The highest BCUT2D eigenvalue weighted by molar-refractivity contribution is 6.31. The van der Waals surface area contributed by atoms with Gasteiger partial charge in [0.15, 0.2) is 0 Å². The Morgan fingerprint density at radius 2 is 1.91 bits per heavy atom. The summed E-state index contributed by atoms with van der Waals surface area (Å²) in [5.74, 6) is 0.0535. The molecule has 2 aromatic rings. The monoisotopic (exact) mass is 341 g/mol. The molecule has 0 atom stereocenters. The van der Waals surface area contributed by atoms with Crippen molar-refractivity contribution >= 4 is 11.6 Å². The average molecular weight is 342 g/mol. The molecule has 120 valence electrons. The van der Waals surface area contributed by atoms with Gasteiger partial charge in [-0.3, -0.25) is 0 Å². The van der Waals surface area contributed by atoms with Crippen molar-refractivity contribution in [3.8, 4) is 17.6 Å². The van der Waals surface area contributed by atoms with Gasteiger partial charge in [-0.25, -0.2) is 0 Å². The SMILES string of the molecule is N#Cc1cc(CCO)ccc1Oc1ccc(Cl)c(C(F)(F)F)c1. The minimum Gasteiger partial charge on any atom is -0.456 e. The van der Waals surface area contributed by atoms with Crippen LogP contribution in [0.15, 0.2) is 36.4 Å². The molecule has 0 aromatic heterocycles. The van der Waals surface area contributed by atoms with Gasteiger partial charge in [0.05, 0.1) is 16.1 Å². The van der Waals surface area contributed by atoms with Crippen LogP contribution in [0.3, 0.4) is 0 Å². The number of alkyl halides is 3. The van der Waals surface area contributed by atoms with Crippen LogP contribution in [-0.4, -0.2) is 11.7 Å². The molecule has 0 unspecified atom stereocenters. The summed E-state index contributed by atoms with van der Waals surface area (Å²) in [5, 5.41) is 17.6. The molecule has 0 heterocycles. The van der Waals surface area contributed by atoms with Crippen LogP contribution < -0.4 is 4.74 Å². The number of nitriles is 1. The van der Waals surface area contributed by atoms with E-state index in [2.05, 4.69) is 0 Å². The highest BCUT2D eigenvalue weighted by Crippen LogP contribution is 2.38. The predicted molar refractivity (Wildman–Crippen MR) is 78.5 cm³/mol. The fourth-order valence-electron chi connectivity index (χ4n) is 1.95. The van der Waals surface area contributed by atoms with E-state index in [9.17, 15) is 13.2 Å². The molecule has 3 nitrogen and oxygen atoms in total. The summed E-state index contributed by atoms with van der Waals surface area (Å²) in [5.41, 5.74) is -0.116. The number of hydrogen-bond acceptors (Lipinski definition) is 3. The Labute approximate surface area is 135 Å². The molecule has 0 saturated carbocycles. The van der Waals surface area contributed by atoms with E-state index >= 15 is 0 Å². The minimum absolute atomic E-state index is 0.0722. The summed E-state index contributed by atoms with van der Waals surface area (Å²) in [6, 6.07) is 9.71. The molecule has 2 rings (SSSR count). The molecule has 7 heteroatoms. The van der Waals surface area contributed by atoms with Crippen molar-refractivity contribution in [2.45, 2.75) is 12.6 Å². The highest BCUT2D eigenvalue weighted by Gasteiger charge is 2.33. The highest BCUT2D eigenvalue weighted by atomic mass is 35.5. The first kappa shape index (κ1) is 17.1. The zero-order valence-electron chi connectivity index (χ0n) is 11.7. The molecule has 0 bridgehead atoms. The molecule has 0 aliphatic heterocycles. The molecular formula is C16H11ClF3NO2. The third-order valence-electron chi connectivity index (χ3n) is 3.04. The first-order chi connectivity index (χ1) is 10.8. The Morgan fingerprint density at radius 3 is 2.52 bits per heavy atom. The molecule has 23 heavy (non-hydrogen) atoms. The molecule has 2 aromatic carbocycles. The largest absolute Gasteiger partial charge is 0.456 e. The smallest absolute Gasteiger partial charge is 0.417 e. The third-order valence-corrected chi connectivity index (χ3v) is 3.37. The van der Waals surface area contributed by atoms with Crippen molar-refractivity contribution in [3.63, 3.8) is 0 Å². The van der Waals surface area contributed by atoms with Crippen LogP contribution in [0.4, 0.5) is 13.2 Å². The van der Waals surface area contributed by atoms with Crippen molar-refractivity contribution in [1.29, 1.82) is 5.26 Å². The topological polar surface area (TPSA) is 53.2 Å².